The summed E-state index contributed by atoms with van der Waals surface area (Å²) in [4.78, 5) is 36.9. The van der Waals surface area contributed by atoms with E-state index in [1.54, 1.807) is 11.9 Å². The molecule has 20 heavy (non-hydrogen) atoms. The number of rotatable bonds is 2. The normalized spacial score (nSPS) is 23.4. The Morgan fingerprint density at radius 3 is 2.75 bits per heavy atom. The Labute approximate surface area is 117 Å². The van der Waals surface area contributed by atoms with E-state index in [0.29, 0.717) is 31.6 Å². The van der Waals surface area contributed by atoms with Crippen LogP contribution in [0, 0.1) is 5.92 Å². The molecule has 1 unspecified atom stereocenters. The van der Waals surface area contributed by atoms with Gasteiger partial charge in [0.05, 0.1) is 13.0 Å². The summed E-state index contributed by atoms with van der Waals surface area (Å²) in [6, 6.07) is 0. The molecule has 0 aromatic heterocycles. The van der Waals surface area contributed by atoms with Crippen molar-refractivity contribution >= 4 is 23.5 Å². The van der Waals surface area contributed by atoms with E-state index < -0.39 is 0 Å². The molecule has 0 aromatic carbocycles. The van der Waals surface area contributed by atoms with E-state index in [1.807, 2.05) is 0 Å². The van der Waals surface area contributed by atoms with Crippen LogP contribution in [0.3, 0.4) is 0 Å². The first-order valence-corrected chi connectivity index (χ1v) is 6.74. The molecule has 1 atom stereocenters. The highest BCUT2D eigenvalue weighted by Gasteiger charge is 2.32. The summed E-state index contributed by atoms with van der Waals surface area (Å²) in [6.45, 7) is 0.977. The SMILES string of the molecule is COC(=O)C1CCCN(C(=O)C2=NN(C)C(=O)CC2)C1. The van der Waals surface area contributed by atoms with E-state index in [0.717, 1.165) is 12.8 Å². The summed E-state index contributed by atoms with van der Waals surface area (Å²) in [5.74, 6) is -0.813. The molecule has 0 radical (unpaired) electrons. The van der Waals surface area contributed by atoms with E-state index in [9.17, 15) is 14.4 Å². The van der Waals surface area contributed by atoms with Crippen molar-refractivity contribution in [3.05, 3.63) is 0 Å². The molecule has 0 N–H and O–H groups in total. The van der Waals surface area contributed by atoms with Gasteiger partial charge in [0, 0.05) is 33.0 Å². The number of methoxy groups -OCH3 is 1. The summed E-state index contributed by atoms with van der Waals surface area (Å²) in [7, 11) is 2.90. The number of hydrogen-bond acceptors (Lipinski definition) is 5. The number of piperidine rings is 1. The van der Waals surface area contributed by atoms with Crippen LogP contribution >= 0.6 is 0 Å². The number of hydrogen-bond donors (Lipinski definition) is 0. The molecule has 7 nitrogen and oxygen atoms in total. The highest BCUT2D eigenvalue weighted by atomic mass is 16.5. The maximum absolute atomic E-state index is 12.4. The Bertz CT molecular complexity index is 461. The number of carbonyl (C=O) groups excluding carboxylic acids is 3. The maximum atomic E-state index is 12.4. The van der Waals surface area contributed by atoms with Crippen LogP contribution in [0.4, 0.5) is 0 Å². The highest BCUT2D eigenvalue weighted by Crippen LogP contribution is 2.19. The van der Waals surface area contributed by atoms with E-state index in [1.165, 1.54) is 12.1 Å². The summed E-state index contributed by atoms with van der Waals surface area (Å²) in [5, 5.41) is 5.23. The molecule has 0 aromatic rings. The first kappa shape index (κ1) is 14.5. The van der Waals surface area contributed by atoms with Gasteiger partial charge in [-0.15, -0.1) is 0 Å². The number of carbonyl (C=O) groups is 3. The monoisotopic (exact) mass is 281 g/mol. The van der Waals surface area contributed by atoms with Crippen molar-refractivity contribution in [3.63, 3.8) is 0 Å². The van der Waals surface area contributed by atoms with Crippen LogP contribution in [0.5, 0.6) is 0 Å². The lowest BCUT2D eigenvalue weighted by Gasteiger charge is -2.32. The van der Waals surface area contributed by atoms with Crippen molar-refractivity contribution in [2.45, 2.75) is 25.7 Å². The number of hydrazone groups is 1. The second-order valence-electron chi connectivity index (χ2n) is 5.08. The smallest absolute Gasteiger partial charge is 0.310 e. The maximum Gasteiger partial charge on any atom is 0.310 e. The fourth-order valence-electron chi connectivity index (χ4n) is 2.53. The zero-order chi connectivity index (χ0) is 14.7. The van der Waals surface area contributed by atoms with Gasteiger partial charge >= 0.3 is 5.97 Å². The van der Waals surface area contributed by atoms with Crippen molar-refractivity contribution in [2.24, 2.45) is 11.0 Å². The molecule has 2 aliphatic heterocycles. The molecule has 1 fully saturated rings. The van der Waals surface area contributed by atoms with Crippen molar-refractivity contribution in [1.29, 1.82) is 0 Å². The number of nitrogens with zero attached hydrogens (tertiary/aromatic N) is 3. The lowest BCUT2D eigenvalue weighted by Crippen LogP contribution is -2.46. The van der Waals surface area contributed by atoms with E-state index in [4.69, 9.17) is 4.74 Å². The molecule has 1 saturated heterocycles. The zero-order valence-electron chi connectivity index (χ0n) is 11.8. The predicted molar refractivity (Wildman–Crippen MR) is 70.8 cm³/mol. The van der Waals surface area contributed by atoms with Crippen LogP contribution in [0.25, 0.3) is 0 Å². The minimum Gasteiger partial charge on any atom is -0.469 e. The van der Waals surface area contributed by atoms with Crippen LogP contribution in [0.1, 0.15) is 25.7 Å². The van der Waals surface area contributed by atoms with Gasteiger partial charge in [-0.3, -0.25) is 14.4 Å². The molecule has 0 aliphatic carbocycles. The molecule has 2 rings (SSSR count). The van der Waals surface area contributed by atoms with E-state index >= 15 is 0 Å². The lowest BCUT2D eigenvalue weighted by molar-refractivity contribution is -0.148. The fraction of sp³-hybridized carbons (Fsp3) is 0.692. The van der Waals surface area contributed by atoms with Crippen LogP contribution < -0.4 is 0 Å². The minimum absolute atomic E-state index is 0.0902. The Morgan fingerprint density at radius 2 is 2.10 bits per heavy atom. The minimum atomic E-state index is -0.277. The summed E-state index contributed by atoms with van der Waals surface area (Å²) in [6.07, 6.45) is 2.17. The summed E-state index contributed by atoms with van der Waals surface area (Å²) in [5.41, 5.74) is 0.387. The van der Waals surface area contributed by atoms with Gasteiger partial charge in [0.15, 0.2) is 0 Å². The van der Waals surface area contributed by atoms with Gasteiger partial charge < -0.3 is 9.64 Å². The summed E-state index contributed by atoms with van der Waals surface area (Å²) >= 11 is 0. The average Bonchev–Trinajstić information content (AvgIpc) is 2.48. The van der Waals surface area contributed by atoms with Crippen LogP contribution in [-0.4, -0.2) is 60.7 Å². The molecule has 7 heteroatoms. The molecule has 0 saturated carbocycles. The van der Waals surface area contributed by atoms with Gasteiger partial charge in [-0.05, 0) is 12.8 Å². The van der Waals surface area contributed by atoms with Crippen molar-refractivity contribution in [3.8, 4) is 0 Å². The molecule has 2 aliphatic rings. The molecular formula is C13H19N3O4. The van der Waals surface area contributed by atoms with Gasteiger partial charge in [0.2, 0.25) is 5.91 Å². The molecule has 2 amide bonds. The largest absolute Gasteiger partial charge is 0.469 e. The fourth-order valence-corrected chi connectivity index (χ4v) is 2.53. The predicted octanol–water partition coefficient (Wildman–Crippen LogP) is 0.00620. The van der Waals surface area contributed by atoms with Crippen molar-refractivity contribution in [2.75, 3.05) is 27.2 Å². The standard InChI is InChI=1S/C13H19N3O4/c1-15-11(17)6-5-10(14-15)12(18)16-7-3-4-9(8-16)13(19)20-2/h9H,3-8H2,1-2H3. The second-order valence-corrected chi connectivity index (χ2v) is 5.08. The zero-order valence-corrected chi connectivity index (χ0v) is 11.8. The van der Waals surface area contributed by atoms with Gasteiger partial charge in [0.1, 0.15) is 5.71 Å². The molecule has 2 heterocycles. The number of esters is 1. The molecule has 0 spiro atoms. The first-order valence-electron chi connectivity index (χ1n) is 6.74. The van der Waals surface area contributed by atoms with Crippen LogP contribution in [0.15, 0.2) is 5.10 Å². The topological polar surface area (TPSA) is 79.3 Å². The van der Waals surface area contributed by atoms with Gasteiger partial charge in [0.25, 0.3) is 5.91 Å². The third kappa shape index (κ3) is 2.97. The van der Waals surface area contributed by atoms with Crippen molar-refractivity contribution in [1.82, 2.24) is 9.91 Å². The lowest BCUT2D eigenvalue weighted by atomic mass is 9.97. The van der Waals surface area contributed by atoms with Crippen LogP contribution in [0.2, 0.25) is 0 Å². The number of likely N-dealkylation sites (tertiary alicyclic amines) is 1. The Balaban J connectivity index is 2.04. The Hall–Kier alpha value is -1.92. The first-order chi connectivity index (χ1) is 9.52. The highest BCUT2D eigenvalue weighted by molar-refractivity contribution is 6.39. The summed E-state index contributed by atoms with van der Waals surface area (Å²) < 4.78 is 4.73. The van der Waals surface area contributed by atoms with Gasteiger partial charge in [-0.2, -0.15) is 5.10 Å². The quantitative estimate of drug-likeness (QED) is 0.668. The van der Waals surface area contributed by atoms with Gasteiger partial charge in [-0.25, -0.2) is 5.01 Å². The third-order valence-corrected chi connectivity index (χ3v) is 3.70. The van der Waals surface area contributed by atoms with Gasteiger partial charge in [-0.1, -0.05) is 0 Å². The van der Waals surface area contributed by atoms with E-state index in [2.05, 4.69) is 5.10 Å². The molecule has 0 bridgehead atoms. The van der Waals surface area contributed by atoms with E-state index in [-0.39, 0.29) is 23.7 Å². The van der Waals surface area contributed by atoms with Crippen molar-refractivity contribution < 1.29 is 19.1 Å². The third-order valence-electron chi connectivity index (χ3n) is 3.70. The second kappa shape index (κ2) is 6.02. The molecule has 110 valence electrons. The Kier molecular flexibility index (Phi) is 4.36. The molecular weight excluding hydrogens is 262 g/mol. The number of amides is 2. The Morgan fingerprint density at radius 1 is 1.35 bits per heavy atom. The van der Waals surface area contributed by atoms with Crippen LogP contribution in [-0.2, 0) is 19.1 Å². The average molecular weight is 281 g/mol. The number of ether oxygens (including phenoxy) is 1.